The van der Waals surface area contributed by atoms with Gasteiger partial charge in [-0.05, 0) is 141 Å². The highest BCUT2D eigenvalue weighted by atomic mass is 35.7. The fraction of sp³-hybridized carbons (Fsp3) is 0.316. The molecule has 8 aromatic rings. The van der Waals surface area contributed by atoms with E-state index in [1.165, 1.54) is 97.1 Å². The molecule has 0 saturated carbocycles. The predicted octanol–water partition coefficient (Wildman–Crippen LogP) is 15.2. The van der Waals surface area contributed by atoms with E-state index in [1.54, 1.807) is 0 Å². The van der Waals surface area contributed by atoms with Crippen LogP contribution in [0.2, 0.25) is 0 Å². The fourth-order valence-corrected chi connectivity index (χ4v) is 14.2. The standard InChI is InChI=1S/C76H76Cl4O20S4/c1-73(2,3)53-33-45-29-47-35-54(74(4,5)6)37-49(70(47)98-66(82)42-94-58-15-23-62(24-16-58)102(78,87)88)31-51-39-56(76(10,11)12)40-52(72(51)100-68(84)44-96-60-19-27-64(28-20-60)104(80,91)92)32-50-38-55(75(7,8)9)36-48(71(50)99-67(83)43-95-59-17-25-63(26-18-59)103(79,89)90)30-46(34-53)69(45)97-65(81)41-93-57-13-21-61(22-14-57)101(77,85)86/h13-28,33-40H,29-32,41-44H2,1-12H3. The van der Waals surface area contributed by atoms with Crippen molar-refractivity contribution in [3.05, 3.63) is 212 Å². The van der Waals surface area contributed by atoms with Gasteiger partial charge in [0.2, 0.25) is 0 Å². The van der Waals surface area contributed by atoms with Gasteiger partial charge in [0.15, 0.2) is 26.4 Å². The lowest BCUT2D eigenvalue weighted by Gasteiger charge is -2.29. The third-order valence-corrected chi connectivity index (χ3v) is 22.1. The molecule has 8 bridgehead atoms. The smallest absolute Gasteiger partial charge is 0.349 e. The van der Waals surface area contributed by atoms with Gasteiger partial charge in [-0.25, -0.2) is 52.8 Å². The molecule has 0 N–H and O–H groups in total. The van der Waals surface area contributed by atoms with Crippen molar-refractivity contribution < 1.29 is 90.7 Å². The van der Waals surface area contributed by atoms with Crippen molar-refractivity contribution in [3.8, 4) is 46.0 Å². The number of hydrogen-bond acceptors (Lipinski definition) is 20. The molecule has 0 aromatic heterocycles. The Morgan fingerprint density at radius 1 is 0.279 bits per heavy atom. The molecule has 104 heavy (non-hydrogen) atoms. The topological polar surface area (TPSA) is 279 Å². The Hall–Kier alpha value is -8.20. The van der Waals surface area contributed by atoms with Crippen molar-refractivity contribution in [2.24, 2.45) is 0 Å². The Morgan fingerprint density at radius 3 is 0.548 bits per heavy atom. The first-order valence-corrected chi connectivity index (χ1v) is 41.6. The summed E-state index contributed by atoms with van der Waals surface area (Å²) in [7, 11) is 5.99. The number of hydrogen-bond donors (Lipinski definition) is 0. The molecule has 0 heterocycles. The van der Waals surface area contributed by atoms with E-state index in [9.17, 15) is 52.8 Å². The van der Waals surface area contributed by atoms with Crippen LogP contribution in [0.3, 0.4) is 0 Å². The van der Waals surface area contributed by atoms with Crippen LogP contribution in [0.1, 0.15) is 150 Å². The zero-order chi connectivity index (χ0) is 76.5. The van der Waals surface area contributed by atoms with E-state index in [-0.39, 0.29) is 91.3 Å². The van der Waals surface area contributed by atoms with Crippen molar-refractivity contribution in [3.63, 3.8) is 0 Å². The second kappa shape index (κ2) is 31.1. The first-order chi connectivity index (χ1) is 48.1. The Bertz CT molecular complexity index is 4380. The first-order valence-electron chi connectivity index (χ1n) is 32.3. The Morgan fingerprint density at radius 2 is 0.423 bits per heavy atom. The Kier molecular flexibility index (Phi) is 23.9. The SMILES string of the molecule is CC(C)(C)c1cc2c(OC(=O)COc3ccc(S(=O)(=O)Cl)cc3)c(c1)Cc1cc(C(C)(C)C)cc(c1OC(=O)COc1ccc(S(=O)(=O)Cl)cc1)Cc1cc(C(C)(C)C)cc(c1OC(=O)COc1ccc(S(=O)(=O)Cl)cc1)Cc1cc(C(C)(C)C)cc(c1OC(=O)COc1ccc(S(=O)(=O)Cl)cc1)C2. The molecule has 552 valence electrons. The molecule has 0 amide bonds. The number of ether oxygens (including phenoxy) is 8. The molecule has 0 radical (unpaired) electrons. The summed E-state index contributed by atoms with van der Waals surface area (Å²) in [4.78, 5) is 58.1. The average molecular weight is 1580 g/mol. The maximum absolute atomic E-state index is 14.7. The summed E-state index contributed by atoms with van der Waals surface area (Å²) in [5.74, 6) is -3.09. The van der Waals surface area contributed by atoms with E-state index >= 15 is 0 Å². The molecule has 0 fully saturated rings. The quantitative estimate of drug-likeness (QED) is 0.0389. The summed E-state index contributed by atoms with van der Waals surface area (Å²) in [6.45, 7) is 21.1. The minimum absolute atomic E-state index is 0.0372. The van der Waals surface area contributed by atoms with E-state index in [4.69, 9.17) is 80.6 Å². The minimum atomic E-state index is -4.12. The van der Waals surface area contributed by atoms with Crippen molar-refractivity contribution >= 4 is 103 Å². The predicted molar refractivity (Wildman–Crippen MR) is 394 cm³/mol. The van der Waals surface area contributed by atoms with E-state index in [1.807, 2.05) is 132 Å². The highest BCUT2D eigenvalue weighted by Gasteiger charge is 2.33. The third-order valence-electron chi connectivity index (χ3n) is 16.7. The van der Waals surface area contributed by atoms with Gasteiger partial charge in [0.05, 0.1) is 19.6 Å². The van der Waals surface area contributed by atoms with E-state index in [0.29, 0.717) is 44.5 Å². The number of halogens is 4. The number of rotatable bonds is 20. The molecule has 1 aliphatic rings. The number of esters is 4. The van der Waals surface area contributed by atoms with Gasteiger partial charge < -0.3 is 37.9 Å². The normalized spacial score (nSPS) is 13.1. The van der Waals surface area contributed by atoms with Gasteiger partial charge in [-0.2, -0.15) is 0 Å². The van der Waals surface area contributed by atoms with Crippen molar-refractivity contribution in [2.75, 3.05) is 26.4 Å². The lowest BCUT2D eigenvalue weighted by molar-refractivity contribution is -0.137. The van der Waals surface area contributed by atoms with Gasteiger partial charge >= 0.3 is 23.9 Å². The highest BCUT2D eigenvalue weighted by Crippen LogP contribution is 2.45. The summed E-state index contributed by atoms with van der Waals surface area (Å²) in [5.41, 5.74) is 3.54. The first kappa shape index (κ1) is 79.9. The Balaban J connectivity index is 1.32. The van der Waals surface area contributed by atoms with Gasteiger partial charge in [0.1, 0.15) is 46.0 Å². The molecule has 0 aliphatic heterocycles. The number of benzene rings is 8. The summed E-state index contributed by atoms with van der Waals surface area (Å²) in [6, 6.07) is 35.3. The maximum atomic E-state index is 14.7. The van der Waals surface area contributed by atoms with Gasteiger partial charge in [0.25, 0.3) is 36.2 Å². The maximum Gasteiger partial charge on any atom is 0.349 e. The van der Waals surface area contributed by atoms with Crippen molar-refractivity contribution in [1.29, 1.82) is 0 Å². The minimum Gasteiger partial charge on any atom is -0.482 e. The van der Waals surface area contributed by atoms with Crippen molar-refractivity contribution in [1.82, 2.24) is 0 Å². The average Bonchev–Trinajstić information content (AvgIpc) is 0.757. The molecule has 28 heteroatoms. The summed E-state index contributed by atoms with van der Waals surface area (Å²) >= 11 is 0. The molecule has 8 aromatic carbocycles. The monoisotopic (exact) mass is 1580 g/mol. The van der Waals surface area contributed by atoms with Crippen LogP contribution in [0.5, 0.6) is 46.0 Å². The lowest BCUT2D eigenvalue weighted by atomic mass is 9.79. The van der Waals surface area contributed by atoms with Gasteiger partial charge in [-0.1, -0.05) is 132 Å². The molecule has 1 aliphatic carbocycles. The fourth-order valence-electron chi connectivity index (χ4n) is 11.1. The van der Waals surface area contributed by atoms with Crippen molar-refractivity contribution in [2.45, 2.75) is 150 Å². The van der Waals surface area contributed by atoms with Gasteiger partial charge in [0, 0.05) is 113 Å². The summed E-state index contributed by atoms with van der Waals surface area (Å²) in [5, 5.41) is 0. The zero-order valence-corrected chi connectivity index (χ0v) is 65.1. The number of carbonyl (C=O) groups is 4. The molecule has 0 unspecified atom stereocenters. The summed E-state index contributed by atoms with van der Waals surface area (Å²) in [6.07, 6.45) is -0.563. The van der Waals surface area contributed by atoms with Crippen LogP contribution in [0.25, 0.3) is 0 Å². The van der Waals surface area contributed by atoms with Crippen LogP contribution >= 0.6 is 42.7 Å². The third kappa shape index (κ3) is 21.1. The molecule has 0 spiro atoms. The lowest BCUT2D eigenvalue weighted by Crippen LogP contribution is -2.23. The zero-order valence-electron chi connectivity index (χ0n) is 58.8. The number of carbonyl (C=O) groups excluding carboxylic acids is 4. The molecular formula is C76H76Cl4O20S4. The highest BCUT2D eigenvalue weighted by molar-refractivity contribution is 8.14. The van der Waals surface area contributed by atoms with Crippen LogP contribution in [0, 0.1) is 0 Å². The van der Waals surface area contributed by atoms with Gasteiger partial charge in [-0.3, -0.25) is 0 Å². The van der Waals surface area contributed by atoms with Crippen LogP contribution in [0.4, 0.5) is 0 Å². The van der Waals surface area contributed by atoms with Crippen LogP contribution in [-0.2, 0) is 103 Å². The molecule has 9 rings (SSSR count). The summed E-state index contributed by atoms with van der Waals surface area (Å²) < 4.78 is 147. The molecule has 0 atom stereocenters. The van der Waals surface area contributed by atoms with E-state index in [0.717, 1.165) is 22.3 Å². The molecule has 20 nitrogen and oxygen atoms in total. The van der Waals surface area contributed by atoms with Crippen LogP contribution < -0.4 is 37.9 Å². The number of fused-ring (bicyclic) bond motifs is 8. The largest absolute Gasteiger partial charge is 0.482 e. The second-order valence-electron chi connectivity index (χ2n) is 28.9. The molecule has 0 saturated heterocycles. The van der Waals surface area contributed by atoms with Crippen LogP contribution in [0.15, 0.2) is 165 Å². The van der Waals surface area contributed by atoms with Crippen LogP contribution in [-0.4, -0.2) is 84.0 Å². The molecular weight excluding hydrogens is 1500 g/mol. The van der Waals surface area contributed by atoms with E-state index < -0.39 is 108 Å². The van der Waals surface area contributed by atoms with E-state index in [2.05, 4.69) is 0 Å². The Labute approximate surface area is 623 Å². The van der Waals surface area contributed by atoms with Gasteiger partial charge in [-0.15, -0.1) is 0 Å². The second-order valence-corrected chi connectivity index (χ2v) is 39.2.